The quantitative estimate of drug-likeness (QED) is 0.665. The van der Waals surface area contributed by atoms with Crippen molar-refractivity contribution in [3.05, 3.63) is 34.2 Å². The van der Waals surface area contributed by atoms with Crippen molar-refractivity contribution in [3.8, 4) is 12.3 Å². The Balaban J connectivity index is 1.87. The molecule has 5 heteroatoms. The number of rotatable bonds is 3. The highest BCUT2D eigenvalue weighted by Crippen LogP contribution is 2.31. The van der Waals surface area contributed by atoms with Gasteiger partial charge in [0.2, 0.25) is 0 Å². The van der Waals surface area contributed by atoms with E-state index in [4.69, 9.17) is 6.42 Å². The molecule has 0 spiro atoms. The van der Waals surface area contributed by atoms with E-state index >= 15 is 0 Å². The van der Waals surface area contributed by atoms with Gasteiger partial charge in [-0.15, -0.1) is 6.42 Å². The lowest BCUT2D eigenvalue weighted by molar-refractivity contribution is -0.0961. The highest BCUT2D eigenvalue weighted by molar-refractivity contribution is 5.77. The Morgan fingerprint density at radius 1 is 1.26 bits per heavy atom. The minimum Gasteiger partial charge on any atom is -0.368 e. The average Bonchev–Trinajstić information content (AvgIpc) is 2.80. The monoisotopic (exact) mass is 314 g/mol. The lowest BCUT2D eigenvalue weighted by Gasteiger charge is -2.29. The lowest BCUT2D eigenvalue weighted by Crippen LogP contribution is -2.30. The first-order valence-corrected chi connectivity index (χ1v) is 8.03. The lowest BCUT2D eigenvalue weighted by atomic mass is 9.81. The second kappa shape index (κ2) is 6.23. The van der Waals surface area contributed by atoms with Crippen LogP contribution in [0.25, 0.3) is 11.0 Å². The maximum atomic E-state index is 12.5. The SMILES string of the molecule is C#Cc1ccc2c(c1)n(CC1CCC(C(O)O)CC1)c(=O)n2C. The molecule has 0 saturated heterocycles. The van der Waals surface area contributed by atoms with E-state index < -0.39 is 6.29 Å². The first-order chi connectivity index (χ1) is 11.0. The number of aliphatic hydroxyl groups is 2. The molecular weight excluding hydrogens is 292 g/mol. The second-order valence-electron chi connectivity index (χ2n) is 6.49. The van der Waals surface area contributed by atoms with E-state index in [1.165, 1.54) is 0 Å². The van der Waals surface area contributed by atoms with Crippen molar-refractivity contribution in [1.82, 2.24) is 9.13 Å². The topological polar surface area (TPSA) is 67.4 Å². The number of aryl methyl sites for hydroxylation is 1. The Bertz CT molecular complexity index is 802. The summed E-state index contributed by atoms with van der Waals surface area (Å²) in [5, 5.41) is 18.6. The molecular formula is C18H22N2O3. The van der Waals surface area contributed by atoms with Gasteiger partial charge in [0.05, 0.1) is 11.0 Å². The predicted molar refractivity (Wildman–Crippen MR) is 88.8 cm³/mol. The molecule has 2 N–H and O–H groups in total. The molecule has 0 unspecified atom stereocenters. The third-order valence-corrected chi connectivity index (χ3v) is 5.07. The number of imidazole rings is 1. The molecule has 1 aliphatic rings. The van der Waals surface area contributed by atoms with Crippen molar-refractivity contribution in [2.45, 2.75) is 38.5 Å². The zero-order chi connectivity index (χ0) is 16.6. The van der Waals surface area contributed by atoms with E-state index in [9.17, 15) is 15.0 Å². The fourth-order valence-electron chi connectivity index (χ4n) is 3.60. The summed E-state index contributed by atoms with van der Waals surface area (Å²) in [7, 11) is 1.77. The number of terminal acetylenes is 1. The van der Waals surface area contributed by atoms with Gasteiger partial charge < -0.3 is 10.2 Å². The molecule has 5 nitrogen and oxygen atoms in total. The van der Waals surface area contributed by atoms with Gasteiger partial charge in [0.25, 0.3) is 0 Å². The molecule has 2 aromatic rings. The molecule has 3 rings (SSSR count). The summed E-state index contributed by atoms with van der Waals surface area (Å²) < 4.78 is 3.45. The first-order valence-electron chi connectivity index (χ1n) is 8.03. The molecule has 0 bridgehead atoms. The van der Waals surface area contributed by atoms with E-state index in [0.29, 0.717) is 12.5 Å². The van der Waals surface area contributed by atoms with Crippen LogP contribution in [0.15, 0.2) is 23.0 Å². The van der Waals surface area contributed by atoms with Crippen LogP contribution in [0.1, 0.15) is 31.2 Å². The molecule has 0 amide bonds. The summed E-state index contributed by atoms with van der Waals surface area (Å²) in [6.07, 6.45) is 7.63. The van der Waals surface area contributed by atoms with Gasteiger partial charge in [-0.3, -0.25) is 9.13 Å². The van der Waals surface area contributed by atoms with Gasteiger partial charge >= 0.3 is 5.69 Å². The first kappa shape index (κ1) is 15.9. The number of hydrogen-bond acceptors (Lipinski definition) is 3. The fourth-order valence-corrected chi connectivity index (χ4v) is 3.60. The third-order valence-electron chi connectivity index (χ3n) is 5.07. The Labute approximate surface area is 135 Å². The largest absolute Gasteiger partial charge is 0.368 e. The summed E-state index contributed by atoms with van der Waals surface area (Å²) in [6.45, 7) is 0.651. The summed E-state index contributed by atoms with van der Waals surface area (Å²) >= 11 is 0. The van der Waals surface area contributed by atoms with E-state index in [-0.39, 0.29) is 11.6 Å². The molecule has 1 saturated carbocycles. The van der Waals surface area contributed by atoms with Gasteiger partial charge in [-0.1, -0.05) is 5.92 Å². The summed E-state index contributed by atoms with van der Waals surface area (Å²) in [5.41, 5.74) is 2.49. The molecule has 0 atom stereocenters. The van der Waals surface area contributed by atoms with E-state index in [1.54, 1.807) is 16.2 Å². The Hall–Kier alpha value is -2.03. The number of aromatic nitrogens is 2. The van der Waals surface area contributed by atoms with Crippen LogP contribution in [0.5, 0.6) is 0 Å². The Morgan fingerprint density at radius 3 is 2.57 bits per heavy atom. The summed E-state index contributed by atoms with van der Waals surface area (Å²) in [5.74, 6) is 2.96. The highest BCUT2D eigenvalue weighted by atomic mass is 16.5. The van der Waals surface area contributed by atoms with Crippen molar-refractivity contribution in [2.24, 2.45) is 18.9 Å². The number of benzene rings is 1. The van der Waals surface area contributed by atoms with Gasteiger partial charge in [0.15, 0.2) is 6.29 Å². The van der Waals surface area contributed by atoms with Crippen LogP contribution in [0.2, 0.25) is 0 Å². The molecule has 1 fully saturated rings. The number of hydrogen-bond donors (Lipinski definition) is 2. The van der Waals surface area contributed by atoms with E-state index in [2.05, 4.69) is 5.92 Å². The van der Waals surface area contributed by atoms with Gasteiger partial charge in [-0.05, 0) is 49.8 Å². The third kappa shape index (κ3) is 2.92. The Kier molecular flexibility index (Phi) is 4.29. The minimum absolute atomic E-state index is 0.0292. The van der Waals surface area contributed by atoms with Crippen LogP contribution in [0.3, 0.4) is 0 Å². The highest BCUT2D eigenvalue weighted by Gasteiger charge is 2.26. The molecule has 1 aromatic heterocycles. The number of aliphatic hydroxyl groups excluding tert-OH is 1. The van der Waals surface area contributed by atoms with Crippen molar-refractivity contribution >= 4 is 11.0 Å². The normalized spacial score (nSPS) is 21.7. The van der Waals surface area contributed by atoms with Crippen molar-refractivity contribution in [3.63, 3.8) is 0 Å². The van der Waals surface area contributed by atoms with Gasteiger partial charge in [0, 0.05) is 25.1 Å². The van der Waals surface area contributed by atoms with Crippen molar-refractivity contribution < 1.29 is 10.2 Å². The van der Waals surface area contributed by atoms with Crippen molar-refractivity contribution in [2.75, 3.05) is 0 Å². The van der Waals surface area contributed by atoms with E-state index in [1.807, 2.05) is 18.2 Å². The van der Waals surface area contributed by atoms with E-state index in [0.717, 1.165) is 42.3 Å². The maximum absolute atomic E-state index is 12.5. The second-order valence-corrected chi connectivity index (χ2v) is 6.49. The van der Waals surface area contributed by atoms with Gasteiger partial charge in [-0.25, -0.2) is 4.79 Å². The molecule has 23 heavy (non-hydrogen) atoms. The molecule has 0 radical (unpaired) electrons. The Morgan fingerprint density at radius 2 is 1.96 bits per heavy atom. The standard InChI is InChI=1S/C18H22N2O3/c1-3-12-6-9-15-16(10-12)20(18(23)19(15)2)11-13-4-7-14(8-5-13)17(21)22/h1,6,9-10,13-14,17,21-22H,4-5,7-8,11H2,2H3. The van der Waals surface area contributed by atoms with Gasteiger partial charge in [0.1, 0.15) is 0 Å². The average molecular weight is 314 g/mol. The van der Waals surface area contributed by atoms with Crippen LogP contribution < -0.4 is 5.69 Å². The molecule has 122 valence electrons. The van der Waals surface area contributed by atoms with Crippen LogP contribution in [0, 0.1) is 24.2 Å². The summed E-state index contributed by atoms with van der Waals surface area (Å²) in [6, 6.07) is 5.63. The zero-order valence-corrected chi connectivity index (χ0v) is 13.3. The summed E-state index contributed by atoms with van der Waals surface area (Å²) in [4.78, 5) is 12.5. The minimum atomic E-state index is -1.23. The number of fused-ring (bicyclic) bond motifs is 1. The number of nitrogens with zero attached hydrogens (tertiary/aromatic N) is 2. The molecule has 1 aliphatic carbocycles. The van der Waals surface area contributed by atoms with Gasteiger partial charge in [-0.2, -0.15) is 0 Å². The maximum Gasteiger partial charge on any atom is 0.328 e. The smallest absolute Gasteiger partial charge is 0.328 e. The zero-order valence-electron chi connectivity index (χ0n) is 13.3. The van der Waals surface area contributed by atoms with Crippen LogP contribution in [-0.2, 0) is 13.6 Å². The molecule has 1 aromatic carbocycles. The van der Waals surface area contributed by atoms with Crippen molar-refractivity contribution in [1.29, 1.82) is 0 Å². The fraction of sp³-hybridized carbons (Fsp3) is 0.500. The predicted octanol–water partition coefficient (Wildman–Crippen LogP) is 1.44. The van der Waals surface area contributed by atoms with Crippen LogP contribution in [0.4, 0.5) is 0 Å². The van der Waals surface area contributed by atoms with Crippen LogP contribution in [-0.4, -0.2) is 25.6 Å². The van der Waals surface area contributed by atoms with Crippen LogP contribution >= 0.6 is 0 Å². The molecule has 1 heterocycles. The molecule has 0 aliphatic heterocycles.